The van der Waals surface area contributed by atoms with Crippen LogP contribution in [-0.2, 0) is 13.0 Å². The number of aromatic nitrogens is 3. The molecule has 120 valence electrons. The van der Waals surface area contributed by atoms with Gasteiger partial charge in [0.15, 0.2) is 0 Å². The van der Waals surface area contributed by atoms with Crippen LogP contribution in [0.15, 0.2) is 28.5 Å². The van der Waals surface area contributed by atoms with Crippen molar-refractivity contribution in [1.82, 2.24) is 19.5 Å². The van der Waals surface area contributed by atoms with Crippen LogP contribution in [0, 0.1) is 0 Å². The predicted octanol–water partition coefficient (Wildman–Crippen LogP) is 2.07. The van der Waals surface area contributed by atoms with Crippen molar-refractivity contribution in [3.05, 3.63) is 44.5 Å². The Labute approximate surface area is 141 Å². The standard InChI is InChI=1S/C15H17N5OS2/c1-10(19-6-3-12-11(9-19)4-7-22-12)8-17-14-18-20-13(21)2-5-16-15(20)23-14/h2,4-5,7,10H,3,6,8-9H2,1H3,(H,17,18). The molecule has 1 atom stereocenters. The first-order valence-electron chi connectivity index (χ1n) is 7.59. The number of thiophene rings is 1. The number of nitrogens with zero attached hydrogens (tertiary/aromatic N) is 4. The molecule has 0 spiro atoms. The Morgan fingerprint density at radius 2 is 2.35 bits per heavy atom. The van der Waals surface area contributed by atoms with Gasteiger partial charge in [0, 0.05) is 42.8 Å². The molecule has 6 nitrogen and oxygen atoms in total. The van der Waals surface area contributed by atoms with E-state index in [1.165, 1.54) is 38.6 Å². The summed E-state index contributed by atoms with van der Waals surface area (Å²) in [5.74, 6) is 0. The highest BCUT2D eigenvalue weighted by Crippen LogP contribution is 2.25. The van der Waals surface area contributed by atoms with E-state index < -0.39 is 0 Å². The summed E-state index contributed by atoms with van der Waals surface area (Å²) in [6, 6.07) is 4.06. The maximum absolute atomic E-state index is 11.7. The summed E-state index contributed by atoms with van der Waals surface area (Å²) in [6.45, 7) is 5.13. The van der Waals surface area contributed by atoms with E-state index in [4.69, 9.17) is 0 Å². The molecule has 1 aliphatic rings. The average Bonchev–Trinajstić information content (AvgIpc) is 3.18. The third-order valence-corrected chi connectivity index (χ3v) is 6.08. The lowest BCUT2D eigenvalue weighted by Crippen LogP contribution is -2.40. The minimum Gasteiger partial charge on any atom is -0.359 e. The van der Waals surface area contributed by atoms with Gasteiger partial charge in [0.25, 0.3) is 5.56 Å². The van der Waals surface area contributed by atoms with E-state index in [1.54, 1.807) is 0 Å². The molecule has 8 heteroatoms. The highest BCUT2D eigenvalue weighted by molar-refractivity contribution is 7.20. The second-order valence-corrected chi connectivity index (χ2v) is 7.66. The Hall–Kier alpha value is -1.77. The third-order valence-electron chi connectivity index (χ3n) is 4.18. The van der Waals surface area contributed by atoms with E-state index in [0.29, 0.717) is 11.0 Å². The predicted molar refractivity (Wildman–Crippen MR) is 93.5 cm³/mol. The molecule has 23 heavy (non-hydrogen) atoms. The van der Waals surface area contributed by atoms with Gasteiger partial charge in [-0.1, -0.05) is 11.3 Å². The van der Waals surface area contributed by atoms with Crippen molar-refractivity contribution < 1.29 is 0 Å². The van der Waals surface area contributed by atoms with Crippen LogP contribution in [0.3, 0.4) is 0 Å². The monoisotopic (exact) mass is 347 g/mol. The topological polar surface area (TPSA) is 62.5 Å². The maximum Gasteiger partial charge on any atom is 0.275 e. The summed E-state index contributed by atoms with van der Waals surface area (Å²) < 4.78 is 1.34. The van der Waals surface area contributed by atoms with Crippen LogP contribution in [0.25, 0.3) is 4.96 Å². The lowest BCUT2D eigenvalue weighted by atomic mass is 10.1. The second kappa shape index (κ2) is 6.03. The van der Waals surface area contributed by atoms with Crippen molar-refractivity contribution >= 4 is 32.8 Å². The van der Waals surface area contributed by atoms with E-state index >= 15 is 0 Å². The Morgan fingerprint density at radius 1 is 1.43 bits per heavy atom. The van der Waals surface area contributed by atoms with Gasteiger partial charge in [-0.05, 0) is 30.4 Å². The molecule has 0 aliphatic carbocycles. The summed E-state index contributed by atoms with van der Waals surface area (Å²) in [5, 5.41) is 10.6. The zero-order chi connectivity index (χ0) is 15.8. The average molecular weight is 347 g/mol. The first-order valence-corrected chi connectivity index (χ1v) is 9.28. The SMILES string of the molecule is CC(CNc1nn2c(=O)ccnc2s1)N1CCc2sccc2C1. The lowest BCUT2D eigenvalue weighted by molar-refractivity contribution is 0.200. The van der Waals surface area contributed by atoms with Gasteiger partial charge in [0.05, 0.1) is 0 Å². The van der Waals surface area contributed by atoms with Crippen molar-refractivity contribution in [2.75, 3.05) is 18.4 Å². The molecule has 1 N–H and O–H groups in total. The number of hydrogen-bond acceptors (Lipinski definition) is 7. The van der Waals surface area contributed by atoms with Crippen LogP contribution in [0.4, 0.5) is 5.13 Å². The van der Waals surface area contributed by atoms with Gasteiger partial charge < -0.3 is 5.32 Å². The van der Waals surface area contributed by atoms with E-state index in [2.05, 4.69) is 38.7 Å². The van der Waals surface area contributed by atoms with Crippen LogP contribution >= 0.6 is 22.7 Å². The summed E-state index contributed by atoms with van der Waals surface area (Å²) in [6.07, 6.45) is 2.66. The molecule has 4 rings (SSSR count). The fourth-order valence-corrected chi connectivity index (χ4v) is 4.50. The van der Waals surface area contributed by atoms with Crippen LogP contribution in [0.5, 0.6) is 0 Å². The Balaban J connectivity index is 1.42. The molecule has 0 aromatic carbocycles. The minimum absolute atomic E-state index is 0.145. The van der Waals surface area contributed by atoms with E-state index in [-0.39, 0.29) is 5.56 Å². The van der Waals surface area contributed by atoms with Gasteiger partial charge in [-0.2, -0.15) is 4.52 Å². The normalized spacial score (nSPS) is 16.4. The Morgan fingerprint density at radius 3 is 3.22 bits per heavy atom. The molecule has 0 fully saturated rings. The molecule has 4 heterocycles. The van der Waals surface area contributed by atoms with Gasteiger partial charge in [0.2, 0.25) is 10.1 Å². The molecule has 1 aliphatic heterocycles. The fourth-order valence-electron chi connectivity index (χ4n) is 2.83. The molecule has 0 bridgehead atoms. The van der Waals surface area contributed by atoms with Crippen molar-refractivity contribution in [1.29, 1.82) is 0 Å². The molecule has 0 radical (unpaired) electrons. The lowest BCUT2D eigenvalue weighted by Gasteiger charge is -2.32. The van der Waals surface area contributed by atoms with Crippen molar-refractivity contribution in [3.8, 4) is 0 Å². The number of fused-ring (bicyclic) bond motifs is 2. The van der Waals surface area contributed by atoms with E-state index in [0.717, 1.165) is 31.2 Å². The van der Waals surface area contributed by atoms with Gasteiger partial charge in [-0.3, -0.25) is 9.69 Å². The quantitative estimate of drug-likeness (QED) is 0.783. The van der Waals surface area contributed by atoms with E-state index in [9.17, 15) is 4.79 Å². The van der Waals surface area contributed by atoms with Gasteiger partial charge >= 0.3 is 0 Å². The first-order chi connectivity index (χ1) is 11.2. The molecular formula is C15H17N5OS2. The zero-order valence-electron chi connectivity index (χ0n) is 12.7. The molecule has 0 amide bonds. The third kappa shape index (κ3) is 2.89. The van der Waals surface area contributed by atoms with Crippen LogP contribution in [-0.4, -0.2) is 38.6 Å². The Kier molecular flexibility index (Phi) is 3.88. The largest absolute Gasteiger partial charge is 0.359 e. The Bertz CT molecular complexity index is 883. The number of rotatable bonds is 4. The van der Waals surface area contributed by atoms with Crippen LogP contribution < -0.4 is 10.9 Å². The maximum atomic E-state index is 11.7. The van der Waals surface area contributed by atoms with E-state index in [1.807, 2.05) is 11.3 Å². The highest BCUT2D eigenvalue weighted by Gasteiger charge is 2.21. The minimum atomic E-state index is -0.145. The highest BCUT2D eigenvalue weighted by atomic mass is 32.1. The van der Waals surface area contributed by atoms with Crippen molar-refractivity contribution in [3.63, 3.8) is 0 Å². The van der Waals surface area contributed by atoms with Crippen LogP contribution in [0.2, 0.25) is 0 Å². The summed E-state index contributed by atoms with van der Waals surface area (Å²) in [7, 11) is 0. The summed E-state index contributed by atoms with van der Waals surface area (Å²) in [4.78, 5) is 20.5. The smallest absolute Gasteiger partial charge is 0.275 e. The second-order valence-electron chi connectivity index (χ2n) is 5.70. The number of anilines is 1. The van der Waals surface area contributed by atoms with Crippen molar-refractivity contribution in [2.45, 2.75) is 25.9 Å². The van der Waals surface area contributed by atoms with Gasteiger partial charge in [-0.25, -0.2) is 4.98 Å². The fraction of sp³-hybridized carbons (Fsp3) is 0.400. The first kappa shape index (κ1) is 14.8. The zero-order valence-corrected chi connectivity index (χ0v) is 14.4. The molecule has 0 saturated carbocycles. The summed E-state index contributed by atoms with van der Waals surface area (Å²) >= 11 is 3.27. The van der Waals surface area contributed by atoms with Gasteiger partial charge in [0.1, 0.15) is 0 Å². The molecule has 3 aromatic rings. The van der Waals surface area contributed by atoms with Gasteiger partial charge in [-0.15, -0.1) is 16.4 Å². The molecule has 0 saturated heterocycles. The number of hydrogen-bond donors (Lipinski definition) is 1. The van der Waals surface area contributed by atoms with Crippen molar-refractivity contribution in [2.24, 2.45) is 0 Å². The number of nitrogens with one attached hydrogen (secondary N) is 1. The summed E-state index contributed by atoms with van der Waals surface area (Å²) in [5.41, 5.74) is 1.32. The van der Waals surface area contributed by atoms with Crippen LogP contribution in [0.1, 0.15) is 17.4 Å². The molecule has 3 aromatic heterocycles. The molecule has 1 unspecified atom stereocenters. The molecular weight excluding hydrogens is 330 g/mol.